The van der Waals surface area contributed by atoms with Gasteiger partial charge in [0.05, 0.1) is 0 Å². The second-order valence-corrected chi connectivity index (χ2v) is 10.1. The van der Waals surface area contributed by atoms with E-state index in [-0.39, 0.29) is 78.3 Å². The smallest absolute Gasteiger partial charge is 0.195 e. The summed E-state index contributed by atoms with van der Waals surface area (Å²) in [5.74, 6) is -2.86. The van der Waals surface area contributed by atoms with Gasteiger partial charge >= 0.3 is 0 Å². The summed E-state index contributed by atoms with van der Waals surface area (Å²) in [6, 6.07) is 28.0. The third kappa shape index (κ3) is 3.52. The molecule has 0 fully saturated rings. The molecular weight excluding hydrogens is 528 g/mol. The molecule has 0 amide bonds. The molecule has 198 valence electrons. The lowest BCUT2D eigenvalue weighted by atomic mass is 9.79. The van der Waals surface area contributed by atoms with E-state index in [1.54, 1.807) is 60.7 Å². The highest BCUT2D eigenvalue weighted by Crippen LogP contribution is 2.33. The van der Waals surface area contributed by atoms with E-state index in [4.69, 9.17) is 0 Å². The molecule has 5 aromatic carbocycles. The summed E-state index contributed by atoms with van der Waals surface area (Å²) in [4.78, 5) is 81.7. The van der Waals surface area contributed by atoms with Crippen LogP contribution in [0.2, 0.25) is 0 Å². The van der Waals surface area contributed by atoms with E-state index < -0.39 is 23.1 Å². The monoisotopic (exact) mass is 546 g/mol. The molecule has 0 heterocycles. The van der Waals surface area contributed by atoms with E-state index in [1.165, 1.54) is 48.5 Å². The summed E-state index contributed by atoms with van der Waals surface area (Å²) in [5.41, 5.74) is 1.16. The molecule has 0 aliphatic heterocycles. The molecule has 2 aliphatic rings. The molecule has 7 rings (SSSR count). The summed E-state index contributed by atoms with van der Waals surface area (Å²) in [6.07, 6.45) is 0. The van der Waals surface area contributed by atoms with Crippen LogP contribution < -0.4 is 0 Å². The quantitative estimate of drug-likeness (QED) is 0.263. The molecule has 42 heavy (non-hydrogen) atoms. The molecule has 0 saturated carbocycles. The van der Waals surface area contributed by atoms with Crippen molar-refractivity contribution in [2.24, 2.45) is 0 Å². The van der Waals surface area contributed by atoms with Gasteiger partial charge in [0.25, 0.3) is 0 Å². The van der Waals surface area contributed by atoms with Gasteiger partial charge in [-0.2, -0.15) is 0 Å². The van der Waals surface area contributed by atoms with E-state index >= 15 is 0 Å². The van der Waals surface area contributed by atoms with Crippen molar-refractivity contribution in [1.29, 1.82) is 0 Å². The maximum absolute atomic E-state index is 14.1. The standard InChI is InChI=1S/C36H18O6/c37-31(25-15-7-17-27-29(25)35(41)23-13-5-3-11-21(23)33(27)39)19-9-1-2-10-20(19)32(38)26-16-8-18-28-30(26)36(42)24-14-6-4-12-22(24)34(28)40/h1-18H. The largest absolute Gasteiger partial charge is 0.289 e. The molecule has 0 spiro atoms. The lowest BCUT2D eigenvalue weighted by Gasteiger charge is -2.21. The van der Waals surface area contributed by atoms with Gasteiger partial charge in [0.15, 0.2) is 34.7 Å². The zero-order chi connectivity index (χ0) is 29.1. The Balaban J connectivity index is 1.35. The fraction of sp³-hybridized carbons (Fsp3) is 0. The van der Waals surface area contributed by atoms with Crippen LogP contribution in [-0.4, -0.2) is 34.7 Å². The number of carbonyl (C=O) groups excluding carboxylic acids is 6. The van der Waals surface area contributed by atoms with E-state index in [0.29, 0.717) is 0 Å². The van der Waals surface area contributed by atoms with Crippen LogP contribution in [0.4, 0.5) is 0 Å². The number of hydrogen-bond acceptors (Lipinski definition) is 6. The first-order valence-corrected chi connectivity index (χ1v) is 13.2. The Morgan fingerprint density at radius 3 is 0.976 bits per heavy atom. The fourth-order valence-corrected chi connectivity index (χ4v) is 5.84. The van der Waals surface area contributed by atoms with Crippen LogP contribution in [0, 0.1) is 0 Å². The number of benzene rings is 5. The first kappa shape index (κ1) is 25.1. The molecule has 0 N–H and O–H groups in total. The minimum Gasteiger partial charge on any atom is -0.289 e. The van der Waals surface area contributed by atoms with Gasteiger partial charge in [0.2, 0.25) is 0 Å². The van der Waals surface area contributed by atoms with Crippen molar-refractivity contribution in [2.75, 3.05) is 0 Å². The summed E-state index contributed by atoms with van der Waals surface area (Å²) < 4.78 is 0. The second kappa shape index (κ2) is 9.35. The van der Waals surface area contributed by atoms with Crippen LogP contribution in [0.5, 0.6) is 0 Å². The summed E-state index contributed by atoms with van der Waals surface area (Å²) in [7, 11) is 0. The van der Waals surface area contributed by atoms with Crippen LogP contribution in [0.3, 0.4) is 0 Å². The number of carbonyl (C=O) groups is 6. The van der Waals surface area contributed by atoms with Crippen molar-refractivity contribution < 1.29 is 28.8 Å². The molecular formula is C36H18O6. The summed E-state index contributed by atoms with van der Waals surface area (Å²) in [6.45, 7) is 0. The Morgan fingerprint density at radius 1 is 0.310 bits per heavy atom. The maximum Gasteiger partial charge on any atom is 0.195 e. The Bertz CT molecular complexity index is 1950. The first-order valence-electron chi connectivity index (χ1n) is 13.2. The van der Waals surface area contributed by atoms with E-state index in [1.807, 2.05) is 0 Å². The van der Waals surface area contributed by atoms with Gasteiger partial charge in [0.1, 0.15) is 0 Å². The van der Waals surface area contributed by atoms with Crippen molar-refractivity contribution >= 4 is 34.7 Å². The molecule has 2 aliphatic carbocycles. The highest BCUT2D eigenvalue weighted by Gasteiger charge is 2.36. The second-order valence-electron chi connectivity index (χ2n) is 10.1. The van der Waals surface area contributed by atoms with Gasteiger partial charge in [0, 0.05) is 66.8 Å². The third-order valence-electron chi connectivity index (χ3n) is 7.81. The SMILES string of the molecule is O=C(c1ccccc1C(=O)c1cccc2c1C(=O)c1ccccc1C2=O)c1cccc2c1C(=O)c1ccccc1C2=O. The Morgan fingerprint density at radius 2 is 0.595 bits per heavy atom. The summed E-state index contributed by atoms with van der Waals surface area (Å²) in [5, 5.41) is 0. The topological polar surface area (TPSA) is 102 Å². The van der Waals surface area contributed by atoms with Crippen molar-refractivity contribution in [3.8, 4) is 0 Å². The Labute approximate surface area is 239 Å². The Kier molecular flexibility index (Phi) is 5.59. The minimum absolute atomic E-state index is 0.00240. The predicted molar refractivity (Wildman–Crippen MR) is 153 cm³/mol. The molecule has 0 aromatic heterocycles. The van der Waals surface area contributed by atoms with E-state index in [9.17, 15) is 28.8 Å². The number of hydrogen-bond donors (Lipinski definition) is 0. The van der Waals surface area contributed by atoms with Gasteiger partial charge in [-0.15, -0.1) is 0 Å². The van der Waals surface area contributed by atoms with Gasteiger partial charge in [-0.25, -0.2) is 0 Å². The molecule has 0 bridgehead atoms. The highest BCUT2D eigenvalue weighted by atomic mass is 16.2. The third-order valence-corrected chi connectivity index (χ3v) is 7.81. The molecule has 5 aromatic rings. The molecule has 6 heteroatoms. The highest BCUT2D eigenvalue weighted by molar-refractivity contribution is 6.34. The minimum atomic E-state index is -0.617. The van der Waals surface area contributed by atoms with Gasteiger partial charge in [-0.3, -0.25) is 28.8 Å². The van der Waals surface area contributed by atoms with Crippen molar-refractivity contribution in [3.05, 3.63) is 176 Å². The molecule has 6 nitrogen and oxygen atoms in total. The summed E-state index contributed by atoms with van der Waals surface area (Å²) >= 11 is 0. The molecule has 0 radical (unpaired) electrons. The van der Waals surface area contributed by atoms with Crippen LogP contribution in [0.1, 0.15) is 95.5 Å². The van der Waals surface area contributed by atoms with E-state index in [2.05, 4.69) is 0 Å². The molecule has 0 atom stereocenters. The molecule has 0 saturated heterocycles. The van der Waals surface area contributed by atoms with Crippen LogP contribution in [0.25, 0.3) is 0 Å². The first-order chi connectivity index (χ1) is 20.4. The van der Waals surface area contributed by atoms with Crippen LogP contribution in [-0.2, 0) is 0 Å². The normalized spacial score (nSPS) is 13.1. The average Bonchev–Trinajstić information content (AvgIpc) is 3.04. The number of rotatable bonds is 4. The van der Waals surface area contributed by atoms with Crippen molar-refractivity contribution in [2.45, 2.75) is 0 Å². The molecule has 0 unspecified atom stereocenters. The van der Waals surface area contributed by atoms with Gasteiger partial charge < -0.3 is 0 Å². The zero-order valence-electron chi connectivity index (χ0n) is 21.8. The predicted octanol–water partition coefficient (Wildman–Crippen LogP) is 5.70. The van der Waals surface area contributed by atoms with Gasteiger partial charge in [-0.05, 0) is 0 Å². The van der Waals surface area contributed by atoms with Crippen LogP contribution >= 0.6 is 0 Å². The van der Waals surface area contributed by atoms with Crippen molar-refractivity contribution in [3.63, 3.8) is 0 Å². The van der Waals surface area contributed by atoms with Crippen LogP contribution in [0.15, 0.2) is 109 Å². The van der Waals surface area contributed by atoms with Crippen molar-refractivity contribution in [1.82, 2.24) is 0 Å². The maximum atomic E-state index is 14.1. The fourth-order valence-electron chi connectivity index (χ4n) is 5.84. The average molecular weight is 547 g/mol. The number of fused-ring (bicyclic) bond motifs is 4. The Hall–Kier alpha value is -5.88. The lowest BCUT2D eigenvalue weighted by Crippen LogP contribution is -2.25. The number of ketones is 6. The van der Waals surface area contributed by atoms with Gasteiger partial charge in [-0.1, -0.05) is 109 Å². The zero-order valence-corrected chi connectivity index (χ0v) is 21.8. The lowest BCUT2D eigenvalue weighted by molar-refractivity contribution is 0.0965. The van der Waals surface area contributed by atoms with E-state index in [0.717, 1.165) is 0 Å².